The molecule has 0 spiro atoms. The fourth-order valence-electron chi connectivity index (χ4n) is 1.89. The third-order valence-electron chi connectivity index (χ3n) is 2.76. The highest BCUT2D eigenvalue weighted by molar-refractivity contribution is 9.10. The minimum absolute atomic E-state index is 0.0636. The Labute approximate surface area is 103 Å². The summed E-state index contributed by atoms with van der Waals surface area (Å²) in [6, 6.07) is 5.59. The molecule has 0 aliphatic carbocycles. The number of hydrogen-bond acceptors (Lipinski definition) is 3. The van der Waals surface area contributed by atoms with Crippen molar-refractivity contribution in [3.63, 3.8) is 0 Å². The van der Waals surface area contributed by atoms with Crippen molar-refractivity contribution in [3.8, 4) is 0 Å². The molecule has 1 saturated heterocycles. The number of rotatable bonds is 2. The van der Waals surface area contributed by atoms with Crippen LogP contribution in [0.5, 0.6) is 0 Å². The first-order chi connectivity index (χ1) is 7.58. The number of aliphatic hydroxyl groups excluding tert-OH is 1. The molecular formula is C11H14BrN3O. The molecule has 0 amide bonds. The summed E-state index contributed by atoms with van der Waals surface area (Å²) in [6.07, 6.45) is 0.570. The number of amidine groups is 1. The van der Waals surface area contributed by atoms with Crippen LogP contribution < -0.4 is 10.6 Å². The average Bonchev–Trinajstić information content (AvgIpc) is 2.64. The van der Waals surface area contributed by atoms with Crippen LogP contribution in [-0.4, -0.2) is 30.1 Å². The van der Waals surface area contributed by atoms with Crippen molar-refractivity contribution in [2.75, 3.05) is 18.0 Å². The lowest BCUT2D eigenvalue weighted by atomic mass is 10.2. The molecule has 4 N–H and O–H groups in total. The van der Waals surface area contributed by atoms with Crippen LogP contribution in [0.2, 0.25) is 0 Å². The number of hydrogen-bond donors (Lipinski definition) is 3. The molecule has 0 aromatic heterocycles. The zero-order valence-electron chi connectivity index (χ0n) is 8.78. The maximum atomic E-state index is 9.48. The van der Waals surface area contributed by atoms with Gasteiger partial charge in [0.15, 0.2) is 0 Å². The van der Waals surface area contributed by atoms with Crippen molar-refractivity contribution in [2.45, 2.75) is 12.5 Å². The van der Waals surface area contributed by atoms with Crippen LogP contribution in [0.1, 0.15) is 12.0 Å². The monoisotopic (exact) mass is 283 g/mol. The van der Waals surface area contributed by atoms with E-state index in [1.165, 1.54) is 0 Å². The van der Waals surface area contributed by atoms with E-state index in [0.29, 0.717) is 12.1 Å². The summed E-state index contributed by atoms with van der Waals surface area (Å²) < 4.78 is 0.911. The van der Waals surface area contributed by atoms with Crippen LogP contribution in [0.4, 0.5) is 5.69 Å². The molecule has 5 heteroatoms. The van der Waals surface area contributed by atoms with Gasteiger partial charge in [-0.3, -0.25) is 5.41 Å². The van der Waals surface area contributed by atoms with E-state index in [1.54, 1.807) is 0 Å². The van der Waals surface area contributed by atoms with Crippen LogP contribution in [0.3, 0.4) is 0 Å². The molecule has 0 radical (unpaired) electrons. The molecule has 2 rings (SSSR count). The van der Waals surface area contributed by atoms with E-state index in [-0.39, 0.29) is 11.9 Å². The fourth-order valence-corrected chi connectivity index (χ4v) is 2.52. The lowest BCUT2D eigenvalue weighted by Gasteiger charge is -2.19. The highest BCUT2D eigenvalue weighted by atomic mass is 79.9. The lowest BCUT2D eigenvalue weighted by molar-refractivity contribution is 0.198. The highest BCUT2D eigenvalue weighted by Gasteiger charge is 2.21. The molecule has 1 aromatic rings. The lowest BCUT2D eigenvalue weighted by Crippen LogP contribution is -2.21. The van der Waals surface area contributed by atoms with E-state index in [1.807, 2.05) is 18.2 Å². The quantitative estimate of drug-likeness (QED) is 0.566. The van der Waals surface area contributed by atoms with Crippen LogP contribution in [0.25, 0.3) is 0 Å². The van der Waals surface area contributed by atoms with Gasteiger partial charge >= 0.3 is 0 Å². The molecule has 16 heavy (non-hydrogen) atoms. The Hall–Kier alpha value is -1.07. The van der Waals surface area contributed by atoms with Crippen molar-refractivity contribution in [2.24, 2.45) is 5.73 Å². The minimum Gasteiger partial charge on any atom is -0.391 e. The van der Waals surface area contributed by atoms with Crippen molar-refractivity contribution >= 4 is 27.5 Å². The molecule has 86 valence electrons. The van der Waals surface area contributed by atoms with Crippen LogP contribution >= 0.6 is 15.9 Å². The Balaban J connectivity index is 2.26. The molecule has 4 nitrogen and oxygen atoms in total. The molecule has 0 bridgehead atoms. The van der Waals surface area contributed by atoms with Gasteiger partial charge in [-0.1, -0.05) is 0 Å². The number of halogens is 1. The summed E-state index contributed by atoms with van der Waals surface area (Å²) in [5, 5.41) is 16.8. The minimum atomic E-state index is -0.237. The molecule has 1 unspecified atom stereocenters. The normalized spacial score (nSPS) is 20.1. The van der Waals surface area contributed by atoms with Gasteiger partial charge in [-0.15, -0.1) is 0 Å². The topological polar surface area (TPSA) is 73.3 Å². The Bertz CT molecular complexity index is 422. The Morgan fingerprint density at radius 2 is 2.31 bits per heavy atom. The third-order valence-corrected chi connectivity index (χ3v) is 3.40. The van der Waals surface area contributed by atoms with E-state index < -0.39 is 0 Å². The number of nitrogens with one attached hydrogen (secondary N) is 1. The molecule has 0 saturated carbocycles. The predicted octanol–water partition coefficient (Wildman–Crippen LogP) is 1.30. The van der Waals surface area contributed by atoms with E-state index in [4.69, 9.17) is 11.1 Å². The Kier molecular flexibility index (Phi) is 3.16. The summed E-state index contributed by atoms with van der Waals surface area (Å²) in [4.78, 5) is 2.12. The molecule has 1 heterocycles. The second-order valence-corrected chi connectivity index (χ2v) is 4.82. The van der Waals surface area contributed by atoms with Gasteiger partial charge in [0, 0.05) is 23.1 Å². The Morgan fingerprint density at radius 3 is 2.81 bits per heavy atom. The predicted molar refractivity (Wildman–Crippen MR) is 68.0 cm³/mol. The first kappa shape index (κ1) is 11.4. The summed E-state index contributed by atoms with van der Waals surface area (Å²) >= 11 is 3.47. The molecular weight excluding hydrogens is 270 g/mol. The average molecular weight is 284 g/mol. The van der Waals surface area contributed by atoms with E-state index in [0.717, 1.165) is 23.1 Å². The molecule has 1 atom stereocenters. The number of anilines is 1. The van der Waals surface area contributed by atoms with Gasteiger partial charge in [0.25, 0.3) is 0 Å². The van der Waals surface area contributed by atoms with Crippen molar-refractivity contribution in [3.05, 3.63) is 28.2 Å². The standard InChI is InChI=1S/C11H14BrN3O/c12-9-5-7(11(13)14)1-2-10(9)15-4-3-8(16)6-15/h1-2,5,8,16H,3-4,6H2,(H3,13,14). The first-order valence-corrected chi connectivity index (χ1v) is 5.94. The maximum absolute atomic E-state index is 9.48. The number of benzene rings is 1. The zero-order valence-corrected chi connectivity index (χ0v) is 10.4. The van der Waals surface area contributed by atoms with Crippen LogP contribution in [0, 0.1) is 5.41 Å². The first-order valence-electron chi connectivity index (χ1n) is 5.15. The number of nitrogen functional groups attached to an aromatic ring is 1. The van der Waals surface area contributed by atoms with Crippen molar-refractivity contribution in [1.29, 1.82) is 5.41 Å². The van der Waals surface area contributed by atoms with Crippen molar-refractivity contribution in [1.82, 2.24) is 0 Å². The van der Waals surface area contributed by atoms with Gasteiger partial charge in [-0.2, -0.15) is 0 Å². The molecule has 1 fully saturated rings. The van der Waals surface area contributed by atoms with Crippen LogP contribution in [0.15, 0.2) is 22.7 Å². The van der Waals surface area contributed by atoms with E-state index >= 15 is 0 Å². The number of nitrogens with two attached hydrogens (primary N) is 1. The van der Waals surface area contributed by atoms with Gasteiger partial charge in [0.1, 0.15) is 5.84 Å². The fraction of sp³-hybridized carbons (Fsp3) is 0.364. The molecule has 1 aliphatic rings. The Morgan fingerprint density at radius 1 is 1.56 bits per heavy atom. The maximum Gasteiger partial charge on any atom is 0.122 e. The molecule has 1 aliphatic heterocycles. The largest absolute Gasteiger partial charge is 0.391 e. The second-order valence-electron chi connectivity index (χ2n) is 3.97. The smallest absolute Gasteiger partial charge is 0.122 e. The van der Waals surface area contributed by atoms with Gasteiger partial charge in [-0.25, -0.2) is 0 Å². The van der Waals surface area contributed by atoms with E-state index in [2.05, 4.69) is 20.8 Å². The van der Waals surface area contributed by atoms with Crippen molar-refractivity contribution < 1.29 is 5.11 Å². The van der Waals surface area contributed by atoms with Crippen LogP contribution in [-0.2, 0) is 0 Å². The van der Waals surface area contributed by atoms with Gasteiger partial charge in [-0.05, 0) is 40.5 Å². The SMILES string of the molecule is N=C(N)c1ccc(N2CCC(O)C2)c(Br)c1. The second kappa shape index (κ2) is 4.43. The summed E-state index contributed by atoms with van der Waals surface area (Å²) in [5.74, 6) is 0.0636. The highest BCUT2D eigenvalue weighted by Crippen LogP contribution is 2.29. The van der Waals surface area contributed by atoms with Gasteiger partial charge in [0.05, 0.1) is 11.8 Å². The number of aliphatic hydroxyl groups is 1. The van der Waals surface area contributed by atoms with Gasteiger partial charge in [0.2, 0.25) is 0 Å². The summed E-state index contributed by atoms with van der Waals surface area (Å²) in [7, 11) is 0. The zero-order chi connectivity index (χ0) is 11.7. The summed E-state index contributed by atoms with van der Waals surface area (Å²) in [6.45, 7) is 1.53. The summed E-state index contributed by atoms with van der Waals surface area (Å²) in [5.41, 5.74) is 7.16. The third kappa shape index (κ3) is 2.20. The van der Waals surface area contributed by atoms with E-state index in [9.17, 15) is 5.11 Å². The number of β-amino-alcohol motifs (C(OH)–C–C–N with tert-alkyl or cyclic N) is 1. The van der Waals surface area contributed by atoms with Gasteiger partial charge < -0.3 is 15.7 Å². The number of nitrogens with zero attached hydrogens (tertiary/aromatic N) is 1. The molecule has 1 aromatic carbocycles.